The fraction of sp³-hybridized carbons (Fsp3) is 0.250. The molecule has 118 valence electrons. The van der Waals surface area contributed by atoms with E-state index in [1.165, 1.54) is 0 Å². The van der Waals surface area contributed by atoms with Crippen molar-refractivity contribution in [2.45, 2.75) is 6.42 Å². The minimum atomic E-state index is 0.322. The van der Waals surface area contributed by atoms with Crippen molar-refractivity contribution in [1.29, 1.82) is 0 Å². The summed E-state index contributed by atoms with van der Waals surface area (Å²) in [6, 6.07) is 11.0. The Morgan fingerprint density at radius 1 is 0.909 bits per heavy atom. The Balaban J connectivity index is 1.86. The van der Waals surface area contributed by atoms with Crippen LogP contribution >= 0.6 is 34.8 Å². The standard InChI is InChI=1S/C16H16Cl3NO2/c17-12-9-14(18)16(15(19)10-12)22-7-6-21-13-3-1-2-11(8-13)4-5-20/h1-3,8-10H,4-7,20H2. The van der Waals surface area contributed by atoms with Gasteiger partial charge in [0.15, 0.2) is 5.75 Å². The van der Waals surface area contributed by atoms with E-state index in [1.807, 2.05) is 24.3 Å². The Labute approximate surface area is 144 Å². The molecule has 0 saturated carbocycles. The van der Waals surface area contributed by atoms with Crippen LogP contribution in [0.2, 0.25) is 15.1 Å². The van der Waals surface area contributed by atoms with Crippen LogP contribution in [0.5, 0.6) is 11.5 Å². The second-order valence-corrected chi connectivity index (χ2v) is 5.83. The molecule has 0 aliphatic carbocycles. The predicted molar refractivity (Wildman–Crippen MR) is 91.7 cm³/mol. The highest BCUT2D eigenvalue weighted by molar-refractivity contribution is 6.40. The summed E-state index contributed by atoms with van der Waals surface area (Å²) in [6.07, 6.45) is 0.823. The number of benzene rings is 2. The Kier molecular flexibility index (Phi) is 6.65. The Morgan fingerprint density at radius 2 is 1.59 bits per heavy atom. The van der Waals surface area contributed by atoms with Gasteiger partial charge in [0.05, 0.1) is 10.0 Å². The third-order valence-electron chi connectivity index (χ3n) is 2.89. The summed E-state index contributed by atoms with van der Waals surface area (Å²) in [6.45, 7) is 1.31. The summed E-state index contributed by atoms with van der Waals surface area (Å²) in [5.74, 6) is 1.19. The maximum absolute atomic E-state index is 6.04. The lowest BCUT2D eigenvalue weighted by atomic mass is 10.1. The van der Waals surface area contributed by atoms with Crippen molar-refractivity contribution >= 4 is 34.8 Å². The Hall–Kier alpha value is -1.13. The van der Waals surface area contributed by atoms with Crippen LogP contribution in [0.1, 0.15) is 5.56 Å². The van der Waals surface area contributed by atoms with Crippen LogP contribution < -0.4 is 15.2 Å². The van der Waals surface area contributed by atoms with Crippen LogP contribution in [-0.4, -0.2) is 19.8 Å². The summed E-state index contributed by atoms with van der Waals surface area (Å²) < 4.78 is 11.2. The second-order valence-electron chi connectivity index (χ2n) is 4.58. The van der Waals surface area contributed by atoms with E-state index < -0.39 is 0 Å². The number of rotatable bonds is 7. The van der Waals surface area contributed by atoms with Crippen LogP contribution in [0.15, 0.2) is 36.4 Å². The van der Waals surface area contributed by atoms with Gasteiger partial charge in [0.2, 0.25) is 0 Å². The average molecular weight is 361 g/mol. The smallest absolute Gasteiger partial charge is 0.156 e. The third-order valence-corrected chi connectivity index (χ3v) is 3.67. The number of hydrogen-bond donors (Lipinski definition) is 1. The van der Waals surface area contributed by atoms with Gasteiger partial charge in [-0.05, 0) is 42.8 Å². The van der Waals surface area contributed by atoms with E-state index in [2.05, 4.69) is 0 Å². The van der Waals surface area contributed by atoms with Gasteiger partial charge in [-0.25, -0.2) is 0 Å². The van der Waals surface area contributed by atoms with Gasteiger partial charge in [0.25, 0.3) is 0 Å². The molecule has 0 aromatic heterocycles. The zero-order valence-electron chi connectivity index (χ0n) is 11.8. The van der Waals surface area contributed by atoms with E-state index >= 15 is 0 Å². The molecule has 2 N–H and O–H groups in total. The van der Waals surface area contributed by atoms with Crippen LogP contribution in [0, 0.1) is 0 Å². The largest absolute Gasteiger partial charge is 0.490 e. The first-order valence-electron chi connectivity index (χ1n) is 6.79. The molecule has 22 heavy (non-hydrogen) atoms. The normalized spacial score (nSPS) is 10.5. The topological polar surface area (TPSA) is 44.5 Å². The van der Waals surface area contributed by atoms with Gasteiger partial charge in [0, 0.05) is 5.02 Å². The molecule has 0 bridgehead atoms. The van der Waals surface area contributed by atoms with E-state index in [0.29, 0.717) is 40.6 Å². The molecule has 0 fully saturated rings. The van der Waals surface area contributed by atoms with Gasteiger partial charge in [-0.15, -0.1) is 0 Å². The predicted octanol–water partition coefficient (Wildman–Crippen LogP) is 4.61. The molecule has 0 aliphatic rings. The first-order chi connectivity index (χ1) is 10.6. The molecule has 2 aromatic rings. The zero-order chi connectivity index (χ0) is 15.9. The van der Waals surface area contributed by atoms with Crippen LogP contribution in [0.4, 0.5) is 0 Å². The molecule has 0 unspecified atom stereocenters. The lowest BCUT2D eigenvalue weighted by Crippen LogP contribution is -2.10. The van der Waals surface area contributed by atoms with Crippen LogP contribution in [0.3, 0.4) is 0 Å². The maximum Gasteiger partial charge on any atom is 0.156 e. The quantitative estimate of drug-likeness (QED) is 0.734. The fourth-order valence-corrected chi connectivity index (χ4v) is 2.85. The number of hydrogen-bond acceptors (Lipinski definition) is 3. The Bertz CT molecular complexity index is 612. The fourth-order valence-electron chi connectivity index (χ4n) is 1.93. The summed E-state index contributed by atoms with van der Waals surface area (Å²) in [4.78, 5) is 0. The van der Waals surface area contributed by atoms with Gasteiger partial charge in [0.1, 0.15) is 19.0 Å². The van der Waals surface area contributed by atoms with Crippen molar-refractivity contribution in [3.63, 3.8) is 0 Å². The lowest BCUT2D eigenvalue weighted by molar-refractivity contribution is 0.217. The van der Waals surface area contributed by atoms with Gasteiger partial charge in [-0.1, -0.05) is 46.9 Å². The Morgan fingerprint density at radius 3 is 2.27 bits per heavy atom. The van der Waals surface area contributed by atoms with Crippen molar-refractivity contribution in [3.05, 3.63) is 57.0 Å². The minimum Gasteiger partial charge on any atom is -0.490 e. The summed E-state index contributed by atoms with van der Waals surface area (Å²) >= 11 is 17.9. The first kappa shape index (κ1) is 17.2. The zero-order valence-corrected chi connectivity index (χ0v) is 14.1. The van der Waals surface area contributed by atoms with Crippen molar-refractivity contribution in [3.8, 4) is 11.5 Å². The molecule has 6 heteroatoms. The highest BCUT2D eigenvalue weighted by atomic mass is 35.5. The number of halogens is 3. The molecule has 0 amide bonds. The molecule has 0 atom stereocenters. The molecular formula is C16H16Cl3NO2. The SMILES string of the molecule is NCCc1cccc(OCCOc2c(Cl)cc(Cl)cc2Cl)c1. The summed E-state index contributed by atoms with van der Waals surface area (Å²) in [5, 5.41) is 1.22. The molecular weight excluding hydrogens is 345 g/mol. The molecule has 0 radical (unpaired) electrons. The van der Waals surface area contributed by atoms with Gasteiger partial charge >= 0.3 is 0 Å². The molecule has 0 spiro atoms. The van der Waals surface area contributed by atoms with E-state index in [4.69, 9.17) is 50.0 Å². The second kappa shape index (κ2) is 8.49. The first-order valence-corrected chi connectivity index (χ1v) is 7.92. The molecule has 3 nitrogen and oxygen atoms in total. The summed E-state index contributed by atoms with van der Waals surface area (Å²) in [7, 11) is 0. The van der Waals surface area contributed by atoms with Crippen molar-refractivity contribution < 1.29 is 9.47 Å². The van der Waals surface area contributed by atoms with Crippen LogP contribution in [-0.2, 0) is 6.42 Å². The van der Waals surface area contributed by atoms with E-state index in [-0.39, 0.29) is 0 Å². The lowest BCUT2D eigenvalue weighted by Gasteiger charge is -2.11. The number of nitrogens with two attached hydrogens (primary N) is 1. The molecule has 0 heterocycles. The molecule has 2 rings (SSSR count). The van der Waals surface area contributed by atoms with Gasteiger partial charge in [-0.2, -0.15) is 0 Å². The third kappa shape index (κ3) is 4.96. The van der Waals surface area contributed by atoms with E-state index in [9.17, 15) is 0 Å². The monoisotopic (exact) mass is 359 g/mol. The van der Waals surface area contributed by atoms with Crippen molar-refractivity contribution in [1.82, 2.24) is 0 Å². The van der Waals surface area contributed by atoms with E-state index in [0.717, 1.165) is 17.7 Å². The minimum absolute atomic E-state index is 0.322. The average Bonchev–Trinajstić information content (AvgIpc) is 2.46. The molecule has 2 aromatic carbocycles. The van der Waals surface area contributed by atoms with Gasteiger partial charge < -0.3 is 15.2 Å². The highest BCUT2D eigenvalue weighted by Gasteiger charge is 2.09. The molecule has 0 aliphatic heterocycles. The van der Waals surface area contributed by atoms with Crippen LogP contribution in [0.25, 0.3) is 0 Å². The van der Waals surface area contributed by atoms with Crippen molar-refractivity contribution in [2.24, 2.45) is 5.73 Å². The van der Waals surface area contributed by atoms with Crippen molar-refractivity contribution in [2.75, 3.05) is 19.8 Å². The maximum atomic E-state index is 6.04. The van der Waals surface area contributed by atoms with E-state index in [1.54, 1.807) is 12.1 Å². The number of ether oxygens (including phenoxy) is 2. The van der Waals surface area contributed by atoms with Gasteiger partial charge in [-0.3, -0.25) is 0 Å². The summed E-state index contributed by atoms with van der Waals surface area (Å²) in [5.41, 5.74) is 6.68. The molecule has 0 saturated heterocycles. The highest BCUT2D eigenvalue weighted by Crippen LogP contribution is 2.35.